The van der Waals surface area contributed by atoms with Crippen molar-refractivity contribution in [3.63, 3.8) is 0 Å². The number of hydrogen-bond acceptors (Lipinski definition) is 4. The third-order valence-electron chi connectivity index (χ3n) is 5.34. The fourth-order valence-electron chi connectivity index (χ4n) is 3.83. The van der Waals surface area contributed by atoms with Crippen molar-refractivity contribution in [1.29, 1.82) is 0 Å². The highest BCUT2D eigenvalue weighted by Crippen LogP contribution is 2.21. The molecular formula is C20H33IN4O3. The first-order valence-electron chi connectivity index (χ1n) is 10.0. The Kier molecular flexibility index (Phi) is 9.73. The number of unbranched alkanes of at least 4 members (excludes halogenated alkanes) is 1. The zero-order valence-corrected chi connectivity index (χ0v) is 19.3. The second-order valence-corrected chi connectivity index (χ2v) is 7.24. The van der Waals surface area contributed by atoms with E-state index in [1.54, 1.807) is 6.07 Å². The van der Waals surface area contributed by atoms with Gasteiger partial charge in [-0.05, 0) is 38.7 Å². The van der Waals surface area contributed by atoms with Gasteiger partial charge in [0.05, 0.1) is 12.7 Å². The molecule has 2 fully saturated rings. The van der Waals surface area contributed by atoms with Gasteiger partial charge in [0.2, 0.25) is 0 Å². The Morgan fingerprint density at radius 1 is 1.25 bits per heavy atom. The van der Waals surface area contributed by atoms with E-state index in [0.29, 0.717) is 6.61 Å². The lowest BCUT2D eigenvalue weighted by molar-refractivity contribution is -0.0816. The van der Waals surface area contributed by atoms with Crippen LogP contribution < -0.4 is 10.9 Å². The molecule has 3 rings (SSSR count). The van der Waals surface area contributed by atoms with Crippen LogP contribution in [0.3, 0.4) is 0 Å². The van der Waals surface area contributed by atoms with Crippen molar-refractivity contribution in [1.82, 2.24) is 14.8 Å². The molecule has 0 spiro atoms. The number of halogens is 1. The number of hydrogen-bond donors (Lipinski definition) is 1. The maximum absolute atomic E-state index is 11.9. The molecule has 3 heterocycles. The van der Waals surface area contributed by atoms with E-state index in [1.165, 1.54) is 0 Å². The number of pyridine rings is 1. The number of nitrogens with zero attached hydrogens (tertiary/aromatic N) is 3. The Hall–Kier alpha value is -1.13. The van der Waals surface area contributed by atoms with Crippen LogP contribution in [0.5, 0.6) is 0 Å². The zero-order chi connectivity index (χ0) is 19.1. The molecule has 0 aromatic carbocycles. The number of aromatic nitrogens is 1. The summed E-state index contributed by atoms with van der Waals surface area (Å²) in [5.74, 6) is 0.925. The summed E-state index contributed by atoms with van der Waals surface area (Å²) >= 11 is 0. The van der Waals surface area contributed by atoms with E-state index >= 15 is 0 Å². The third-order valence-corrected chi connectivity index (χ3v) is 5.34. The van der Waals surface area contributed by atoms with Gasteiger partial charge in [0.1, 0.15) is 6.10 Å². The molecule has 158 valence electrons. The molecule has 0 saturated carbocycles. The molecule has 2 unspecified atom stereocenters. The van der Waals surface area contributed by atoms with E-state index in [2.05, 4.69) is 15.2 Å². The van der Waals surface area contributed by atoms with Gasteiger partial charge in [0, 0.05) is 51.6 Å². The van der Waals surface area contributed by atoms with Gasteiger partial charge in [-0.15, -0.1) is 24.0 Å². The number of ether oxygens (including phenoxy) is 2. The first-order valence-corrected chi connectivity index (χ1v) is 10.0. The van der Waals surface area contributed by atoms with Gasteiger partial charge >= 0.3 is 0 Å². The van der Waals surface area contributed by atoms with E-state index in [-0.39, 0.29) is 41.7 Å². The first kappa shape index (κ1) is 23.2. The molecule has 0 amide bonds. The average molecular weight is 504 g/mol. The second kappa shape index (κ2) is 11.8. The van der Waals surface area contributed by atoms with E-state index in [9.17, 15) is 4.79 Å². The highest BCUT2D eigenvalue weighted by Gasteiger charge is 2.32. The topological polar surface area (TPSA) is 68.1 Å². The normalized spacial score (nSPS) is 22.8. The largest absolute Gasteiger partial charge is 0.375 e. The summed E-state index contributed by atoms with van der Waals surface area (Å²) in [6, 6.07) is 5.41. The Bertz CT molecular complexity index is 688. The molecule has 0 aliphatic carbocycles. The van der Waals surface area contributed by atoms with E-state index in [4.69, 9.17) is 9.47 Å². The van der Waals surface area contributed by atoms with Crippen LogP contribution in [0.4, 0.5) is 0 Å². The highest BCUT2D eigenvalue weighted by atomic mass is 127. The predicted octanol–water partition coefficient (Wildman–Crippen LogP) is 2.01. The van der Waals surface area contributed by atoms with Gasteiger partial charge in [-0.25, -0.2) is 0 Å². The van der Waals surface area contributed by atoms with Crippen LogP contribution >= 0.6 is 24.0 Å². The van der Waals surface area contributed by atoms with Crippen LogP contribution in [0.25, 0.3) is 0 Å². The maximum Gasteiger partial charge on any atom is 0.250 e. The minimum Gasteiger partial charge on any atom is -0.375 e. The number of morpholine rings is 1. The summed E-state index contributed by atoms with van der Waals surface area (Å²) in [5.41, 5.74) is 1.09. The maximum atomic E-state index is 11.9. The van der Waals surface area contributed by atoms with Gasteiger partial charge < -0.3 is 24.3 Å². The molecule has 0 radical (unpaired) electrons. The SMILES string of the molecule is CN=C(NCCCCn1c(C)cccc1=O)N1CCOC(C2CCCO2)C1.I. The molecule has 0 bridgehead atoms. The molecule has 7 nitrogen and oxygen atoms in total. The van der Waals surface area contributed by atoms with Crippen LogP contribution in [0.15, 0.2) is 28.0 Å². The van der Waals surface area contributed by atoms with E-state index in [1.807, 2.05) is 30.7 Å². The highest BCUT2D eigenvalue weighted by molar-refractivity contribution is 14.0. The van der Waals surface area contributed by atoms with Crippen LogP contribution in [-0.4, -0.2) is 67.5 Å². The summed E-state index contributed by atoms with van der Waals surface area (Å²) in [5, 5.41) is 3.46. The van der Waals surface area contributed by atoms with Gasteiger partial charge in [0.25, 0.3) is 5.56 Å². The number of aliphatic imine (C=N–C) groups is 1. The summed E-state index contributed by atoms with van der Waals surface area (Å²) < 4.78 is 13.5. The van der Waals surface area contributed by atoms with Crippen molar-refractivity contribution in [2.75, 3.05) is 39.9 Å². The van der Waals surface area contributed by atoms with Crippen LogP contribution in [0.2, 0.25) is 0 Å². The first-order chi connectivity index (χ1) is 13.2. The second-order valence-electron chi connectivity index (χ2n) is 7.24. The number of aryl methyl sites for hydroxylation is 1. The molecule has 2 atom stereocenters. The number of guanidine groups is 1. The summed E-state index contributed by atoms with van der Waals surface area (Å²) in [7, 11) is 1.83. The summed E-state index contributed by atoms with van der Waals surface area (Å²) in [6.07, 6.45) is 4.51. The molecule has 1 N–H and O–H groups in total. The monoisotopic (exact) mass is 504 g/mol. The van der Waals surface area contributed by atoms with Crippen LogP contribution in [0.1, 0.15) is 31.4 Å². The number of nitrogens with one attached hydrogen (secondary N) is 1. The summed E-state index contributed by atoms with van der Waals surface area (Å²) in [6.45, 7) is 6.80. The lowest BCUT2D eigenvalue weighted by Crippen LogP contribution is -2.53. The molecule has 1 aromatic rings. The molecule has 2 saturated heterocycles. The smallest absolute Gasteiger partial charge is 0.250 e. The van der Waals surface area contributed by atoms with Crippen molar-refractivity contribution in [2.24, 2.45) is 4.99 Å². The average Bonchev–Trinajstić information content (AvgIpc) is 3.21. The molecular weight excluding hydrogens is 471 g/mol. The van der Waals surface area contributed by atoms with Crippen molar-refractivity contribution >= 4 is 29.9 Å². The fourth-order valence-corrected chi connectivity index (χ4v) is 3.83. The minimum atomic E-state index is 0. The van der Waals surface area contributed by atoms with Gasteiger partial charge in [-0.3, -0.25) is 9.79 Å². The molecule has 2 aliphatic heterocycles. The van der Waals surface area contributed by atoms with Gasteiger partial charge in [-0.1, -0.05) is 6.07 Å². The Morgan fingerprint density at radius 3 is 2.79 bits per heavy atom. The standard InChI is InChI=1S/C20H32N4O3.HI/c1-16-7-5-9-19(25)24(16)11-4-3-10-22-20(21-2)23-12-14-27-18(15-23)17-8-6-13-26-17;/h5,7,9,17-18H,3-4,6,8,10-15H2,1-2H3,(H,21,22);1H. The summed E-state index contributed by atoms with van der Waals surface area (Å²) in [4.78, 5) is 18.6. The van der Waals surface area contributed by atoms with Crippen molar-refractivity contribution < 1.29 is 9.47 Å². The Morgan fingerprint density at radius 2 is 2.07 bits per heavy atom. The zero-order valence-electron chi connectivity index (χ0n) is 16.9. The Labute approximate surface area is 184 Å². The lowest BCUT2D eigenvalue weighted by Gasteiger charge is -2.37. The molecule has 1 aromatic heterocycles. The van der Waals surface area contributed by atoms with Crippen LogP contribution in [-0.2, 0) is 16.0 Å². The molecule has 8 heteroatoms. The van der Waals surface area contributed by atoms with Gasteiger partial charge in [0.15, 0.2) is 5.96 Å². The van der Waals surface area contributed by atoms with Crippen LogP contribution in [0, 0.1) is 6.92 Å². The van der Waals surface area contributed by atoms with Gasteiger partial charge in [-0.2, -0.15) is 0 Å². The fraction of sp³-hybridized carbons (Fsp3) is 0.700. The Balaban J connectivity index is 0.00000280. The van der Waals surface area contributed by atoms with E-state index in [0.717, 1.165) is 70.1 Å². The third kappa shape index (κ3) is 6.18. The lowest BCUT2D eigenvalue weighted by atomic mass is 10.1. The van der Waals surface area contributed by atoms with Crippen molar-refractivity contribution in [3.8, 4) is 0 Å². The number of rotatable bonds is 6. The van der Waals surface area contributed by atoms with E-state index < -0.39 is 0 Å². The molecule has 28 heavy (non-hydrogen) atoms. The van der Waals surface area contributed by atoms with Crippen molar-refractivity contribution in [3.05, 3.63) is 34.2 Å². The van der Waals surface area contributed by atoms with Crippen molar-refractivity contribution in [2.45, 2.75) is 51.4 Å². The molecule has 2 aliphatic rings. The predicted molar refractivity (Wildman–Crippen MR) is 122 cm³/mol. The quantitative estimate of drug-likeness (QED) is 0.278. The minimum absolute atomic E-state index is 0.